The number of carbonyl (C=O) groups is 2. The smallest absolute Gasteiger partial charge is 0.290 e. The first kappa shape index (κ1) is 19.9. The lowest BCUT2D eigenvalue weighted by molar-refractivity contribution is -0.135. The van der Waals surface area contributed by atoms with E-state index in [9.17, 15) is 14.0 Å². The molecule has 30 heavy (non-hydrogen) atoms. The maximum Gasteiger partial charge on any atom is 0.290 e. The van der Waals surface area contributed by atoms with Crippen LogP contribution < -0.4 is 0 Å². The summed E-state index contributed by atoms with van der Waals surface area (Å²) in [4.78, 5) is 29.5. The van der Waals surface area contributed by atoms with Gasteiger partial charge in [0.25, 0.3) is 5.91 Å². The Morgan fingerprint density at radius 2 is 1.90 bits per heavy atom. The molecule has 2 aromatic heterocycles. The fourth-order valence-electron chi connectivity index (χ4n) is 3.92. The van der Waals surface area contributed by atoms with Crippen LogP contribution in [0, 0.1) is 5.82 Å². The highest BCUT2D eigenvalue weighted by molar-refractivity contribution is 5.94. The standard InChI is InChI=1S/C23H24FN3O3/c1-16(2)27(23(29)20-6-4-14-30-20)15-21(28)26-13-12-25-11-3-5-19(25)22(26)17-7-9-18(24)10-8-17/h3-11,14,16,22H,12-13,15H2,1-2H3. The van der Waals surface area contributed by atoms with Crippen molar-refractivity contribution in [3.63, 3.8) is 0 Å². The number of fused-ring (bicyclic) bond motifs is 1. The largest absolute Gasteiger partial charge is 0.459 e. The topological polar surface area (TPSA) is 58.7 Å². The second kappa shape index (κ2) is 8.18. The first-order chi connectivity index (χ1) is 14.5. The van der Waals surface area contributed by atoms with Gasteiger partial charge >= 0.3 is 0 Å². The lowest BCUT2D eigenvalue weighted by Crippen LogP contribution is -2.49. The monoisotopic (exact) mass is 409 g/mol. The third-order valence-electron chi connectivity index (χ3n) is 5.47. The van der Waals surface area contributed by atoms with E-state index in [1.165, 1.54) is 23.3 Å². The molecule has 156 valence electrons. The van der Waals surface area contributed by atoms with Crippen LogP contribution in [-0.4, -0.2) is 45.3 Å². The summed E-state index contributed by atoms with van der Waals surface area (Å²) < 4.78 is 20.8. The van der Waals surface area contributed by atoms with Crippen molar-refractivity contribution in [3.05, 3.63) is 83.8 Å². The molecule has 0 radical (unpaired) electrons. The van der Waals surface area contributed by atoms with Gasteiger partial charge < -0.3 is 18.8 Å². The number of halogens is 1. The van der Waals surface area contributed by atoms with Crippen molar-refractivity contribution < 1.29 is 18.4 Å². The number of amides is 2. The van der Waals surface area contributed by atoms with E-state index in [-0.39, 0.29) is 42.0 Å². The number of hydrogen-bond acceptors (Lipinski definition) is 3. The lowest BCUT2D eigenvalue weighted by Gasteiger charge is -2.39. The molecule has 1 unspecified atom stereocenters. The van der Waals surface area contributed by atoms with E-state index in [1.807, 2.05) is 32.2 Å². The first-order valence-electron chi connectivity index (χ1n) is 10.00. The fourth-order valence-corrected chi connectivity index (χ4v) is 3.92. The van der Waals surface area contributed by atoms with Crippen LogP contribution in [-0.2, 0) is 11.3 Å². The van der Waals surface area contributed by atoms with Gasteiger partial charge in [-0.1, -0.05) is 12.1 Å². The zero-order chi connectivity index (χ0) is 21.3. The highest BCUT2D eigenvalue weighted by atomic mass is 19.1. The van der Waals surface area contributed by atoms with E-state index in [1.54, 1.807) is 29.2 Å². The van der Waals surface area contributed by atoms with Crippen LogP contribution in [0.4, 0.5) is 4.39 Å². The Morgan fingerprint density at radius 1 is 1.13 bits per heavy atom. The zero-order valence-corrected chi connectivity index (χ0v) is 17.0. The average Bonchev–Trinajstić information content (AvgIpc) is 3.43. The van der Waals surface area contributed by atoms with Crippen LogP contribution in [0.3, 0.4) is 0 Å². The summed E-state index contributed by atoms with van der Waals surface area (Å²) in [5.74, 6) is -0.593. The minimum atomic E-state index is -0.338. The van der Waals surface area contributed by atoms with Crippen LogP contribution >= 0.6 is 0 Å². The van der Waals surface area contributed by atoms with Crippen molar-refractivity contribution in [2.75, 3.05) is 13.1 Å². The maximum atomic E-state index is 13.5. The van der Waals surface area contributed by atoms with E-state index < -0.39 is 0 Å². The van der Waals surface area contributed by atoms with Crippen LogP contribution in [0.5, 0.6) is 0 Å². The van der Waals surface area contributed by atoms with Gasteiger partial charge in [0.2, 0.25) is 5.91 Å². The Kier molecular flexibility index (Phi) is 5.44. The van der Waals surface area contributed by atoms with Gasteiger partial charge in [0, 0.05) is 31.0 Å². The average molecular weight is 409 g/mol. The van der Waals surface area contributed by atoms with Crippen molar-refractivity contribution in [1.29, 1.82) is 0 Å². The minimum Gasteiger partial charge on any atom is -0.459 e. The van der Waals surface area contributed by atoms with Gasteiger partial charge in [-0.05, 0) is 55.8 Å². The third-order valence-corrected chi connectivity index (χ3v) is 5.47. The van der Waals surface area contributed by atoms with Gasteiger partial charge in [-0.15, -0.1) is 0 Å². The lowest BCUT2D eigenvalue weighted by atomic mass is 9.99. The van der Waals surface area contributed by atoms with E-state index in [2.05, 4.69) is 4.57 Å². The number of aromatic nitrogens is 1. The van der Waals surface area contributed by atoms with Gasteiger partial charge in [0.1, 0.15) is 12.4 Å². The number of furan rings is 1. The summed E-state index contributed by atoms with van der Waals surface area (Å²) in [6.45, 7) is 4.85. The number of benzene rings is 1. The van der Waals surface area contributed by atoms with Crippen molar-refractivity contribution >= 4 is 11.8 Å². The summed E-state index contributed by atoms with van der Waals surface area (Å²) >= 11 is 0. The van der Waals surface area contributed by atoms with Crippen LogP contribution in [0.2, 0.25) is 0 Å². The SMILES string of the molecule is CC(C)N(CC(=O)N1CCn2cccc2C1c1ccc(F)cc1)C(=O)c1ccco1. The van der Waals surface area contributed by atoms with Gasteiger partial charge in [-0.2, -0.15) is 0 Å². The Morgan fingerprint density at radius 3 is 2.57 bits per heavy atom. The zero-order valence-electron chi connectivity index (χ0n) is 17.0. The Balaban J connectivity index is 1.63. The molecule has 0 bridgehead atoms. The molecule has 1 aliphatic rings. The van der Waals surface area contributed by atoms with E-state index in [0.29, 0.717) is 13.1 Å². The number of hydrogen-bond donors (Lipinski definition) is 0. The Bertz CT molecular complexity index is 1020. The molecule has 6 nitrogen and oxygen atoms in total. The van der Waals surface area contributed by atoms with Crippen LogP contribution in [0.1, 0.15) is 41.7 Å². The van der Waals surface area contributed by atoms with E-state index >= 15 is 0 Å². The number of nitrogens with zero attached hydrogens (tertiary/aromatic N) is 3. The Hall–Kier alpha value is -3.35. The predicted octanol–water partition coefficient (Wildman–Crippen LogP) is 3.70. The highest BCUT2D eigenvalue weighted by Crippen LogP contribution is 2.32. The molecule has 0 spiro atoms. The summed E-state index contributed by atoms with van der Waals surface area (Å²) in [5.41, 5.74) is 1.80. The molecular weight excluding hydrogens is 385 g/mol. The number of carbonyl (C=O) groups excluding carboxylic acids is 2. The van der Waals surface area contributed by atoms with Crippen molar-refractivity contribution in [2.45, 2.75) is 32.5 Å². The molecule has 0 saturated carbocycles. The molecule has 1 aliphatic heterocycles. The molecule has 1 atom stereocenters. The van der Waals surface area contributed by atoms with E-state index in [4.69, 9.17) is 4.42 Å². The molecule has 3 heterocycles. The quantitative estimate of drug-likeness (QED) is 0.646. The van der Waals surface area contributed by atoms with Gasteiger partial charge in [0.15, 0.2) is 5.76 Å². The molecule has 3 aromatic rings. The first-order valence-corrected chi connectivity index (χ1v) is 10.00. The van der Waals surface area contributed by atoms with E-state index in [0.717, 1.165) is 11.3 Å². The maximum absolute atomic E-state index is 13.5. The molecule has 0 fully saturated rings. The summed E-state index contributed by atoms with van der Waals surface area (Å²) in [7, 11) is 0. The Labute approximate surface area is 174 Å². The third kappa shape index (κ3) is 3.75. The summed E-state index contributed by atoms with van der Waals surface area (Å²) in [6.07, 6.45) is 3.42. The number of rotatable bonds is 5. The minimum absolute atomic E-state index is 0.0599. The second-order valence-corrected chi connectivity index (χ2v) is 7.67. The highest BCUT2D eigenvalue weighted by Gasteiger charge is 2.34. The van der Waals surface area contributed by atoms with Crippen LogP contribution in [0.25, 0.3) is 0 Å². The van der Waals surface area contributed by atoms with Crippen molar-refractivity contribution in [3.8, 4) is 0 Å². The van der Waals surface area contributed by atoms with Crippen molar-refractivity contribution in [1.82, 2.24) is 14.4 Å². The molecule has 1 aromatic carbocycles. The van der Waals surface area contributed by atoms with Crippen LogP contribution in [0.15, 0.2) is 65.4 Å². The van der Waals surface area contributed by atoms with Gasteiger partial charge in [0.05, 0.1) is 12.3 Å². The molecule has 7 heteroatoms. The molecule has 4 rings (SSSR count). The van der Waals surface area contributed by atoms with Gasteiger partial charge in [-0.25, -0.2) is 4.39 Å². The van der Waals surface area contributed by atoms with Gasteiger partial charge in [-0.3, -0.25) is 9.59 Å². The fraction of sp³-hybridized carbons (Fsp3) is 0.304. The molecule has 0 N–H and O–H groups in total. The normalized spacial score (nSPS) is 15.9. The molecule has 0 saturated heterocycles. The van der Waals surface area contributed by atoms with Crippen molar-refractivity contribution in [2.24, 2.45) is 0 Å². The summed E-state index contributed by atoms with van der Waals surface area (Å²) in [5, 5.41) is 0. The molecule has 2 amide bonds. The molecular formula is C23H24FN3O3. The predicted molar refractivity (Wildman–Crippen MR) is 109 cm³/mol. The molecule has 0 aliphatic carbocycles. The second-order valence-electron chi connectivity index (χ2n) is 7.67. The summed E-state index contributed by atoms with van der Waals surface area (Å²) in [6, 6.07) is 12.9.